The van der Waals surface area contributed by atoms with E-state index in [0.29, 0.717) is 23.7 Å². The zero-order valence-electron chi connectivity index (χ0n) is 16.7. The third kappa shape index (κ3) is 5.36. The van der Waals surface area contributed by atoms with Crippen LogP contribution in [-0.2, 0) is 9.59 Å². The molecule has 2 heterocycles. The molecule has 0 bridgehead atoms. The number of ether oxygens (including phenoxy) is 2. The van der Waals surface area contributed by atoms with Gasteiger partial charge in [0, 0.05) is 44.5 Å². The van der Waals surface area contributed by atoms with Crippen molar-refractivity contribution in [2.75, 3.05) is 51.4 Å². The zero-order chi connectivity index (χ0) is 19.9. The summed E-state index contributed by atoms with van der Waals surface area (Å²) in [6, 6.07) is 5.15. The van der Waals surface area contributed by atoms with E-state index in [4.69, 9.17) is 9.47 Å². The van der Waals surface area contributed by atoms with E-state index in [0.717, 1.165) is 45.6 Å². The average molecular weight is 390 g/mol. The molecule has 154 valence electrons. The third-order valence-electron chi connectivity index (χ3n) is 5.19. The average Bonchev–Trinajstić information content (AvgIpc) is 3.16. The van der Waals surface area contributed by atoms with Crippen LogP contribution in [0.3, 0.4) is 0 Å². The topological polar surface area (TPSA) is 83.1 Å². The Kier molecular flexibility index (Phi) is 7.11. The second kappa shape index (κ2) is 9.75. The van der Waals surface area contributed by atoms with Crippen molar-refractivity contribution in [3.8, 4) is 11.5 Å². The van der Waals surface area contributed by atoms with E-state index in [-0.39, 0.29) is 24.6 Å². The van der Waals surface area contributed by atoms with Gasteiger partial charge >= 0.3 is 0 Å². The van der Waals surface area contributed by atoms with E-state index in [9.17, 15) is 9.59 Å². The van der Waals surface area contributed by atoms with Crippen LogP contribution in [-0.4, -0.2) is 73.7 Å². The number of unbranched alkanes of at least 4 members (excludes halogenated alkanes) is 1. The minimum atomic E-state index is -0.244. The number of nitrogens with zero attached hydrogens (tertiary/aromatic N) is 2. The number of fused-ring (bicyclic) bond motifs is 1. The van der Waals surface area contributed by atoms with Crippen LogP contribution in [0.2, 0.25) is 0 Å². The number of carbonyl (C=O) groups is 2. The SMILES string of the molecule is CCCCNC(=O)CN1CCN([C@@H](C)C(=O)Nc2ccc3c(c2)OCO3)CC1. The predicted octanol–water partition coefficient (Wildman–Crippen LogP) is 1.28. The molecular weight excluding hydrogens is 360 g/mol. The monoisotopic (exact) mass is 390 g/mol. The number of anilines is 1. The summed E-state index contributed by atoms with van der Waals surface area (Å²) in [6.07, 6.45) is 2.08. The van der Waals surface area contributed by atoms with Crippen LogP contribution in [0.5, 0.6) is 11.5 Å². The van der Waals surface area contributed by atoms with Gasteiger partial charge in [0.05, 0.1) is 12.6 Å². The van der Waals surface area contributed by atoms with Crippen molar-refractivity contribution in [3.05, 3.63) is 18.2 Å². The summed E-state index contributed by atoms with van der Waals surface area (Å²) >= 11 is 0. The maximum Gasteiger partial charge on any atom is 0.241 e. The number of hydrogen-bond acceptors (Lipinski definition) is 6. The highest BCUT2D eigenvalue weighted by Crippen LogP contribution is 2.34. The molecule has 2 aliphatic heterocycles. The summed E-state index contributed by atoms with van der Waals surface area (Å²) in [5.41, 5.74) is 0.698. The number of amides is 2. The molecule has 1 aromatic rings. The lowest BCUT2D eigenvalue weighted by Crippen LogP contribution is -2.54. The van der Waals surface area contributed by atoms with Crippen molar-refractivity contribution in [1.82, 2.24) is 15.1 Å². The molecule has 1 saturated heterocycles. The van der Waals surface area contributed by atoms with E-state index in [2.05, 4.69) is 27.4 Å². The number of hydrogen-bond donors (Lipinski definition) is 2. The van der Waals surface area contributed by atoms with E-state index in [1.807, 2.05) is 13.0 Å². The van der Waals surface area contributed by atoms with Gasteiger partial charge in [-0.2, -0.15) is 0 Å². The van der Waals surface area contributed by atoms with Crippen molar-refractivity contribution in [2.45, 2.75) is 32.7 Å². The van der Waals surface area contributed by atoms with Crippen LogP contribution in [0.25, 0.3) is 0 Å². The van der Waals surface area contributed by atoms with Crippen molar-refractivity contribution >= 4 is 17.5 Å². The third-order valence-corrected chi connectivity index (χ3v) is 5.19. The summed E-state index contributed by atoms with van der Waals surface area (Å²) in [5.74, 6) is 1.37. The summed E-state index contributed by atoms with van der Waals surface area (Å²) in [4.78, 5) is 28.8. The first kappa shape index (κ1) is 20.4. The van der Waals surface area contributed by atoms with Gasteiger partial charge in [-0.15, -0.1) is 0 Å². The summed E-state index contributed by atoms with van der Waals surface area (Å²) < 4.78 is 10.6. The number of nitrogens with one attached hydrogen (secondary N) is 2. The largest absolute Gasteiger partial charge is 0.454 e. The zero-order valence-corrected chi connectivity index (χ0v) is 16.7. The molecule has 0 aromatic heterocycles. The number of piperazine rings is 1. The van der Waals surface area contributed by atoms with E-state index >= 15 is 0 Å². The lowest BCUT2D eigenvalue weighted by molar-refractivity contribution is -0.124. The molecule has 1 aromatic carbocycles. The van der Waals surface area contributed by atoms with Crippen LogP contribution >= 0.6 is 0 Å². The molecule has 2 amide bonds. The maximum absolute atomic E-state index is 12.6. The molecule has 1 atom stereocenters. The van der Waals surface area contributed by atoms with Crippen LogP contribution in [0.4, 0.5) is 5.69 Å². The maximum atomic E-state index is 12.6. The molecule has 8 heteroatoms. The molecule has 0 saturated carbocycles. The summed E-state index contributed by atoms with van der Waals surface area (Å²) in [5, 5.41) is 5.90. The van der Waals surface area contributed by atoms with Gasteiger partial charge in [-0.3, -0.25) is 19.4 Å². The quantitative estimate of drug-likeness (QED) is 0.651. The van der Waals surface area contributed by atoms with Crippen molar-refractivity contribution in [1.29, 1.82) is 0 Å². The number of rotatable bonds is 8. The van der Waals surface area contributed by atoms with Gasteiger partial charge in [-0.1, -0.05) is 13.3 Å². The van der Waals surface area contributed by atoms with E-state index in [1.54, 1.807) is 12.1 Å². The first-order chi connectivity index (χ1) is 13.6. The Morgan fingerprint density at radius 2 is 1.89 bits per heavy atom. The highest BCUT2D eigenvalue weighted by atomic mass is 16.7. The van der Waals surface area contributed by atoms with Crippen molar-refractivity contribution in [2.24, 2.45) is 0 Å². The fourth-order valence-electron chi connectivity index (χ4n) is 3.36. The fraction of sp³-hybridized carbons (Fsp3) is 0.600. The molecule has 3 rings (SSSR count). The fourth-order valence-corrected chi connectivity index (χ4v) is 3.36. The number of benzene rings is 1. The van der Waals surface area contributed by atoms with Crippen LogP contribution in [0, 0.1) is 0 Å². The Hall–Kier alpha value is -2.32. The second-order valence-corrected chi connectivity index (χ2v) is 7.25. The van der Waals surface area contributed by atoms with Crippen LogP contribution in [0.15, 0.2) is 18.2 Å². The molecule has 28 heavy (non-hydrogen) atoms. The Balaban J connectivity index is 1.42. The molecule has 0 unspecified atom stereocenters. The van der Waals surface area contributed by atoms with Crippen molar-refractivity contribution < 1.29 is 19.1 Å². The van der Waals surface area contributed by atoms with Gasteiger partial charge in [0.1, 0.15) is 0 Å². The predicted molar refractivity (Wildman–Crippen MR) is 107 cm³/mol. The minimum Gasteiger partial charge on any atom is -0.454 e. The molecule has 0 radical (unpaired) electrons. The van der Waals surface area contributed by atoms with Gasteiger partial charge in [0.15, 0.2) is 11.5 Å². The Bertz CT molecular complexity index is 689. The highest BCUT2D eigenvalue weighted by Gasteiger charge is 2.26. The highest BCUT2D eigenvalue weighted by molar-refractivity contribution is 5.94. The van der Waals surface area contributed by atoms with E-state index < -0.39 is 0 Å². The van der Waals surface area contributed by atoms with Crippen LogP contribution < -0.4 is 20.1 Å². The second-order valence-electron chi connectivity index (χ2n) is 7.25. The van der Waals surface area contributed by atoms with Gasteiger partial charge in [0.25, 0.3) is 0 Å². The standard InChI is InChI=1S/C20H30N4O4/c1-3-4-7-21-19(25)13-23-8-10-24(11-9-23)15(2)20(26)22-16-5-6-17-18(12-16)28-14-27-17/h5-6,12,15H,3-4,7-11,13-14H2,1-2H3,(H,21,25)(H,22,26)/t15-/m0/s1. The summed E-state index contributed by atoms with van der Waals surface area (Å²) in [6.45, 7) is 8.48. The molecule has 8 nitrogen and oxygen atoms in total. The molecule has 1 fully saturated rings. The Labute approximate surface area is 166 Å². The van der Waals surface area contributed by atoms with Gasteiger partial charge in [-0.05, 0) is 25.5 Å². The van der Waals surface area contributed by atoms with Crippen LogP contribution in [0.1, 0.15) is 26.7 Å². The lowest BCUT2D eigenvalue weighted by Gasteiger charge is -2.37. The molecule has 2 aliphatic rings. The van der Waals surface area contributed by atoms with Gasteiger partial charge < -0.3 is 20.1 Å². The molecule has 2 N–H and O–H groups in total. The van der Waals surface area contributed by atoms with Gasteiger partial charge in [-0.25, -0.2) is 0 Å². The molecule has 0 aliphatic carbocycles. The van der Waals surface area contributed by atoms with Gasteiger partial charge in [0.2, 0.25) is 18.6 Å². The number of carbonyl (C=O) groups excluding carboxylic acids is 2. The Morgan fingerprint density at radius 1 is 1.14 bits per heavy atom. The first-order valence-corrected chi connectivity index (χ1v) is 10.0. The normalized spacial score (nSPS) is 17.9. The molecular formula is C20H30N4O4. The smallest absolute Gasteiger partial charge is 0.241 e. The Morgan fingerprint density at radius 3 is 2.64 bits per heavy atom. The van der Waals surface area contributed by atoms with Crippen molar-refractivity contribution in [3.63, 3.8) is 0 Å². The lowest BCUT2D eigenvalue weighted by atomic mass is 10.2. The molecule has 0 spiro atoms. The minimum absolute atomic E-state index is 0.0513. The van der Waals surface area contributed by atoms with E-state index in [1.165, 1.54) is 0 Å². The summed E-state index contributed by atoms with van der Waals surface area (Å²) in [7, 11) is 0. The first-order valence-electron chi connectivity index (χ1n) is 10.0.